The van der Waals surface area contributed by atoms with Crippen LogP contribution in [0.4, 0.5) is 18.9 Å². The van der Waals surface area contributed by atoms with Crippen LogP contribution in [0.15, 0.2) is 59.5 Å². The summed E-state index contributed by atoms with van der Waals surface area (Å²) in [6, 6.07) is 12.0. The van der Waals surface area contributed by atoms with Gasteiger partial charge in [-0.25, -0.2) is 13.1 Å². The number of anilines is 1. The van der Waals surface area contributed by atoms with Crippen molar-refractivity contribution in [1.82, 2.24) is 14.9 Å². The van der Waals surface area contributed by atoms with Crippen molar-refractivity contribution in [3.05, 3.63) is 70.2 Å². The molecule has 0 spiro atoms. The third-order valence-corrected chi connectivity index (χ3v) is 5.90. The highest BCUT2D eigenvalue weighted by atomic mass is 32.2. The maximum atomic E-state index is 12.8. The minimum Gasteiger partial charge on any atom is -0.320 e. The Morgan fingerprint density at radius 2 is 1.76 bits per heavy atom. The van der Waals surface area contributed by atoms with Crippen LogP contribution in [-0.4, -0.2) is 24.5 Å². The van der Waals surface area contributed by atoms with Gasteiger partial charge in [-0.2, -0.15) is 13.2 Å². The van der Waals surface area contributed by atoms with Gasteiger partial charge in [0.05, 0.1) is 17.0 Å². The van der Waals surface area contributed by atoms with Gasteiger partial charge < -0.3 is 5.32 Å². The SMILES string of the molecule is O=C(Nc1ccccc1)c1nnc(CNS(=O)(=O)c2cccc(C(F)(F)F)c2)s1. The molecule has 3 aromatic rings. The number of amides is 1. The fourth-order valence-corrected chi connectivity index (χ4v) is 4.00. The first-order valence-electron chi connectivity index (χ1n) is 8.01. The van der Waals surface area contributed by atoms with Crippen molar-refractivity contribution in [2.75, 3.05) is 5.32 Å². The second kappa shape index (κ2) is 8.27. The summed E-state index contributed by atoms with van der Waals surface area (Å²) in [6.45, 7) is -0.325. The molecule has 0 aliphatic carbocycles. The van der Waals surface area contributed by atoms with Crippen LogP contribution in [0.2, 0.25) is 0 Å². The highest BCUT2D eigenvalue weighted by Gasteiger charge is 2.31. The van der Waals surface area contributed by atoms with E-state index in [9.17, 15) is 26.4 Å². The van der Waals surface area contributed by atoms with Crippen LogP contribution < -0.4 is 10.0 Å². The molecule has 2 aromatic carbocycles. The number of nitrogens with zero attached hydrogens (tertiary/aromatic N) is 2. The number of sulfonamides is 1. The summed E-state index contributed by atoms with van der Waals surface area (Å²) < 4.78 is 65.0. The lowest BCUT2D eigenvalue weighted by atomic mass is 10.2. The number of nitrogens with one attached hydrogen (secondary N) is 2. The summed E-state index contributed by atoms with van der Waals surface area (Å²) in [6.07, 6.45) is -4.66. The first-order chi connectivity index (χ1) is 13.6. The topological polar surface area (TPSA) is 101 Å². The number of hydrogen-bond acceptors (Lipinski definition) is 6. The molecule has 1 amide bonds. The van der Waals surface area contributed by atoms with E-state index in [2.05, 4.69) is 20.2 Å². The van der Waals surface area contributed by atoms with Crippen molar-refractivity contribution in [3.63, 3.8) is 0 Å². The number of para-hydroxylation sites is 1. The van der Waals surface area contributed by atoms with Gasteiger partial charge in [0.1, 0.15) is 5.01 Å². The maximum Gasteiger partial charge on any atom is 0.416 e. The quantitative estimate of drug-likeness (QED) is 0.610. The van der Waals surface area contributed by atoms with E-state index in [4.69, 9.17) is 0 Å². The number of alkyl halides is 3. The van der Waals surface area contributed by atoms with Gasteiger partial charge in [0, 0.05) is 5.69 Å². The largest absolute Gasteiger partial charge is 0.416 e. The molecule has 7 nitrogen and oxygen atoms in total. The van der Waals surface area contributed by atoms with Gasteiger partial charge in [0.15, 0.2) is 0 Å². The highest BCUT2D eigenvalue weighted by molar-refractivity contribution is 7.89. The summed E-state index contributed by atoms with van der Waals surface area (Å²) in [7, 11) is -4.21. The van der Waals surface area contributed by atoms with Crippen LogP contribution in [0.5, 0.6) is 0 Å². The standard InChI is InChI=1S/C17H13F3N4O3S2/c18-17(19,20)11-5-4-8-13(9-11)29(26,27)21-10-14-23-24-16(28-14)15(25)22-12-6-2-1-3-7-12/h1-9,21H,10H2,(H,22,25). The zero-order chi connectivity index (χ0) is 21.1. The zero-order valence-electron chi connectivity index (χ0n) is 14.5. The molecular formula is C17H13F3N4O3S2. The van der Waals surface area contributed by atoms with Crippen LogP contribution in [0.25, 0.3) is 0 Å². The molecule has 12 heteroatoms. The van der Waals surface area contributed by atoms with Crippen molar-refractivity contribution in [2.24, 2.45) is 0 Å². The predicted octanol–water partition coefficient (Wildman–Crippen LogP) is 3.29. The van der Waals surface area contributed by atoms with Crippen LogP contribution in [0.3, 0.4) is 0 Å². The van der Waals surface area contributed by atoms with Crippen LogP contribution in [0.1, 0.15) is 20.4 Å². The normalized spacial score (nSPS) is 12.0. The second-order valence-corrected chi connectivity index (χ2v) is 8.50. The minimum absolute atomic E-state index is 0.0159. The predicted molar refractivity (Wildman–Crippen MR) is 99.8 cm³/mol. The molecule has 0 radical (unpaired) electrons. The molecule has 0 aliphatic heterocycles. The van der Waals surface area contributed by atoms with E-state index in [0.29, 0.717) is 11.8 Å². The first kappa shape index (κ1) is 20.9. The third-order valence-electron chi connectivity index (χ3n) is 3.58. The van der Waals surface area contributed by atoms with Gasteiger partial charge in [-0.15, -0.1) is 10.2 Å². The summed E-state index contributed by atoms with van der Waals surface area (Å²) in [4.78, 5) is 11.6. The number of rotatable bonds is 6. The molecule has 0 unspecified atom stereocenters. The van der Waals surface area contributed by atoms with Gasteiger partial charge in [0.2, 0.25) is 15.0 Å². The fraction of sp³-hybridized carbons (Fsp3) is 0.118. The molecule has 152 valence electrons. The number of carbonyl (C=O) groups excluding carboxylic acids is 1. The molecule has 2 N–H and O–H groups in total. The molecule has 1 aromatic heterocycles. The molecule has 29 heavy (non-hydrogen) atoms. The average Bonchev–Trinajstić information content (AvgIpc) is 3.16. The van der Waals surface area contributed by atoms with Crippen LogP contribution >= 0.6 is 11.3 Å². The average molecular weight is 442 g/mol. The smallest absolute Gasteiger partial charge is 0.320 e. The van der Waals surface area contributed by atoms with Crippen LogP contribution in [-0.2, 0) is 22.7 Å². The summed E-state index contributed by atoms with van der Waals surface area (Å²) in [5.41, 5.74) is -0.518. The summed E-state index contributed by atoms with van der Waals surface area (Å²) >= 11 is 0.862. The molecule has 0 bridgehead atoms. The van der Waals surface area contributed by atoms with E-state index in [0.717, 1.165) is 29.5 Å². The van der Waals surface area contributed by atoms with Crippen molar-refractivity contribution >= 4 is 33.0 Å². The van der Waals surface area contributed by atoms with Crippen molar-refractivity contribution in [1.29, 1.82) is 0 Å². The molecule has 3 rings (SSSR count). The van der Waals surface area contributed by atoms with Gasteiger partial charge in [0.25, 0.3) is 5.91 Å². The van der Waals surface area contributed by atoms with Crippen molar-refractivity contribution < 1.29 is 26.4 Å². The van der Waals surface area contributed by atoms with Gasteiger partial charge in [-0.1, -0.05) is 35.6 Å². The number of aromatic nitrogens is 2. The molecular weight excluding hydrogens is 429 g/mol. The Labute approximate surface area is 167 Å². The van der Waals surface area contributed by atoms with E-state index in [1.54, 1.807) is 30.3 Å². The zero-order valence-corrected chi connectivity index (χ0v) is 16.1. The molecule has 1 heterocycles. The van der Waals surface area contributed by atoms with Crippen molar-refractivity contribution in [2.45, 2.75) is 17.6 Å². The Kier molecular flexibility index (Phi) is 5.96. The number of hydrogen-bond donors (Lipinski definition) is 2. The van der Waals surface area contributed by atoms with E-state index in [-0.39, 0.29) is 16.6 Å². The Balaban J connectivity index is 1.66. The van der Waals surface area contributed by atoms with Gasteiger partial charge in [-0.3, -0.25) is 4.79 Å². The molecule has 0 atom stereocenters. The van der Waals surface area contributed by atoms with E-state index in [1.165, 1.54) is 0 Å². The third kappa shape index (κ3) is 5.37. The monoisotopic (exact) mass is 442 g/mol. The van der Waals surface area contributed by atoms with Crippen LogP contribution in [0, 0.1) is 0 Å². The maximum absolute atomic E-state index is 12.8. The summed E-state index contributed by atoms with van der Waals surface area (Å²) in [5.74, 6) is -0.513. The Morgan fingerprint density at radius 3 is 2.45 bits per heavy atom. The van der Waals surface area contributed by atoms with Gasteiger partial charge in [-0.05, 0) is 30.3 Å². The van der Waals surface area contributed by atoms with Crippen molar-refractivity contribution in [3.8, 4) is 0 Å². The summed E-state index contributed by atoms with van der Waals surface area (Å²) in [5, 5.41) is 10.2. The van der Waals surface area contributed by atoms with E-state index >= 15 is 0 Å². The molecule has 0 aliphatic rings. The lowest BCUT2D eigenvalue weighted by molar-refractivity contribution is -0.137. The number of halogens is 3. The first-order valence-corrected chi connectivity index (χ1v) is 10.3. The van der Waals surface area contributed by atoms with E-state index < -0.39 is 32.6 Å². The Hall–Kier alpha value is -2.83. The lowest BCUT2D eigenvalue weighted by Crippen LogP contribution is -2.23. The Morgan fingerprint density at radius 1 is 1.03 bits per heavy atom. The Bertz CT molecular complexity index is 1120. The van der Waals surface area contributed by atoms with Gasteiger partial charge >= 0.3 is 6.18 Å². The highest BCUT2D eigenvalue weighted by Crippen LogP contribution is 2.30. The second-order valence-electron chi connectivity index (χ2n) is 5.67. The fourth-order valence-electron chi connectivity index (χ4n) is 2.20. The van der Waals surface area contributed by atoms with E-state index in [1.807, 2.05) is 0 Å². The minimum atomic E-state index is -4.66. The molecule has 0 fully saturated rings. The number of benzene rings is 2. The molecule has 0 saturated carbocycles. The number of carbonyl (C=O) groups is 1. The lowest BCUT2D eigenvalue weighted by Gasteiger charge is -2.09. The molecule has 0 saturated heterocycles.